The van der Waals surface area contributed by atoms with E-state index < -0.39 is 0 Å². The summed E-state index contributed by atoms with van der Waals surface area (Å²) >= 11 is 0. The molecule has 3 N–H and O–H groups in total. The normalized spacial score (nSPS) is 14.9. The summed E-state index contributed by atoms with van der Waals surface area (Å²) in [5.74, 6) is 1.01. The molecule has 0 radical (unpaired) electrons. The Bertz CT molecular complexity index is 563. The van der Waals surface area contributed by atoms with Gasteiger partial charge in [0, 0.05) is 17.7 Å². The molecule has 19 heavy (non-hydrogen) atoms. The summed E-state index contributed by atoms with van der Waals surface area (Å²) in [6.07, 6.45) is 0.555. The van der Waals surface area contributed by atoms with Gasteiger partial charge in [0.2, 0.25) is 11.7 Å². The molecule has 3 rings (SSSR count). The van der Waals surface area contributed by atoms with Crippen molar-refractivity contribution in [2.45, 2.75) is 6.42 Å². The zero-order valence-corrected chi connectivity index (χ0v) is 10.3. The number of aromatic nitrogens is 4. The smallest absolute Gasteiger partial charge is 0.224 e. The number of carbonyl (C=O) groups is 1. The fourth-order valence-corrected chi connectivity index (χ4v) is 1.99. The van der Waals surface area contributed by atoms with Crippen molar-refractivity contribution in [2.24, 2.45) is 5.92 Å². The van der Waals surface area contributed by atoms with E-state index in [1.807, 2.05) is 24.3 Å². The monoisotopic (exact) mass is 258 g/mol. The number of benzene rings is 1. The zero-order valence-electron chi connectivity index (χ0n) is 10.3. The van der Waals surface area contributed by atoms with Crippen molar-refractivity contribution in [3.63, 3.8) is 0 Å². The van der Waals surface area contributed by atoms with E-state index in [0.29, 0.717) is 18.2 Å². The van der Waals surface area contributed by atoms with Crippen LogP contribution in [0.1, 0.15) is 6.42 Å². The topological polar surface area (TPSA) is 95.6 Å². The van der Waals surface area contributed by atoms with E-state index in [2.05, 4.69) is 31.3 Å². The highest BCUT2D eigenvalue weighted by Crippen LogP contribution is 2.19. The van der Waals surface area contributed by atoms with E-state index in [1.54, 1.807) is 0 Å². The second-order valence-electron chi connectivity index (χ2n) is 4.59. The minimum atomic E-state index is 0.0387. The Balaban J connectivity index is 1.67. The third-order valence-corrected chi connectivity index (χ3v) is 3.09. The minimum Gasteiger partial charge on any atom is -0.326 e. The molecule has 98 valence electrons. The summed E-state index contributed by atoms with van der Waals surface area (Å²) in [6.45, 7) is 1.85. The van der Waals surface area contributed by atoms with Crippen LogP contribution in [0.15, 0.2) is 24.3 Å². The van der Waals surface area contributed by atoms with Crippen molar-refractivity contribution in [3.05, 3.63) is 24.3 Å². The molecule has 0 unspecified atom stereocenters. The Kier molecular flexibility index (Phi) is 3.20. The van der Waals surface area contributed by atoms with Crippen LogP contribution in [-0.2, 0) is 4.79 Å². The van der Waals surface area contributed by atoms with Crippen LogP contribution in [-0.4, -0.2) is 39.6 Å². The number of nitrogens with zero attached hydrogens (tertiary/aromatic N) is 3. The van der Waals surface area contributed by atoms with Gasteiger partial charge in [-0.05, 0) is 36.4 Å². The summed E-state index contributed by atoms with van der Waals surface area (Å²) in [5.41, 5.74) is 1.57. The van der Waals surface area contributed by atoms with Gasteiger partial charge in [0.1, 0.15) is 0 Å². The molecule has 0 spiro atoms. The Morgan fingerprint density at radius 2 is 2.32 bits per heavy atom. The highest BCUT2D eigenvalue weighted by Gasteiger charge is 2.20. The Hall–Kier alpha value is -2.28. The lowest BCUT2D eigenvalue weighted by molar-refractivity contribution is -0.117. The second-order valence-corrected chi connectivity index (χ2v) is 4.59. The molecule has 1 fully saturated rings. The first-order chi connectivity index (χ1) is 9.31. The van der Waals surface area contributed by atoms with Crippen molar-refractivity contribution >= 4 is 11.6 Å². The molecule has 2 heterocycles. The summed E-state index contributed by atoms with van der Waals surface area (Å²) in [4.78, 5) is 11.8. The van der Waals surface area contributed by atoms with Gasteiger partial charge >= 0.3 is 0 Å². The third-order valence-electron chi connectivity index (χ3n) is 3.09. The number of carbonyl (C=O) groups excluding carboxylic acids is 1. The van der Waals surface area contributed by atoms with Gasteiger partial charge in [-0.2, -0.15) is 5.21 Å². The highest BCUT2D eigenvalue weighted by atomic mass is 16.1. The number of tetrazole rings is 1. The van der Waals surface area contributed by atoms with Crippen LogP contribution in [0.5, 0.6) is 0 Å². The fraction of sp³-hybridized carbons (Fsp3) is 0.333. The van der Waals surface area contributed by atoms with E-state index in [0.717, 1.165) is 24.3 Å². The molecule has 0 aliphatic carbocycles. The van der Waals surface area contributed by atoms with Gasteiger partial charge in [-0.15, -0.1) is 10.2 Å². The molecule has 0 atom stereocenters. The van der Waals surface area contributed by atoms with Crippen molar-refractivity contribution in [1.29, 1.82) is 0 Å². The Morgan fingerprint density at radius 3 is 3.00 bits per heavy atom. The van der Waals surface area contributed by atoms with Gasteiger partial charge in [0.15, 0.2) is 0 Å². The average Bonchev–Trinajstić information content (AvgIpc) is 2.88. The van der Waals surface area contributed by atoms with E-state index in [4.69, 9.17) is 0 Å². The number of H-pyrrole nitrogens is 1. The minimum absolute atomic E-state index is 0.0387. The Labute approximate surface area is 109 Å². The number of hydrogen-bond acceptors (Lipinski definition) is 5. The molecule has 1 aliphatic heterocycles. The quantitative estimate of drug-likeness (QED) is 0.738. The average molecular weight is 258 g/mol. The molecular formula is C12H14N6O. The van der Waals surface area contributed by atoms with Crippen molar-refractivity contribution in [3.8, 4) is 11.4 Å². The number of aromatic amines is 1. The predicted molar refractivity (Wildman–Crippen MR) is 69.2 cm³/mol. The van der Waals surface area contributed by atoms with Crippen LogP contribution in [0.2, 0.25) is 0 Å². The Morgan fingerprint density at radius 1 is 1.42 bits per heavy atom. The molecule has 1 aliphatic rings. The molecule has 1 amide bonds. The lowest BCUT2D eigenvalue weighted by Gasteiger charge is -2.26. The van der Waals surface area contributed by atoms with Crippen LogP contribution in [0.4, 0.5) is 5.69 Å². The second kappa shape index (κ2) is 5.15. The molecule has 1 saturated heterocycles. The number of anilines is 1. The third kappa shape index (κ3) is 2.76. The van der Waals surface area contributed by atoms with Crippen LogP contribution in [0.3, 0.4) is 0 Å². The summed E-state index contributed by atoms with van der Waals surface area (Å²) in [5, 5.41) is 19.8. The maximum absolute atomic E-state index is 11.8. The van der Waals surface area contributed by atoms with E-state index >= 15 is 0 Å². The van der Waals surface area contributed by atoms with Gasteiger partial charge in [-0.1, -0.05) is 12.1 Å². The maximum Gasteiger partial charge on any atom is 0.224 e. The van der Waals surface area contributed by atoms with Gasteiger partial charge in [-0.25, -0.2) is 0 Å². The molecular weight excluding hydrogens is 244 g/mol. The molecule has 2 aromatic rings. The van der Waals surface area contributed by atoms with Crippen molar-refractivity contribution in [1.82, 2.24) is 25.9 Å². The standard InChI is InChI=1S/C12H14N6O/c19-11(4-8-6-13-7-8)14-10-3-1-2-9(5-10)12-15-17-18-16-12/h1-3,5,8,13H,4,6-7H2,(H,14,19)(H,15,16,17,18). The van der Waals surface area contributed by atoms with Gasteiger partial charge in [-0.3, -0.25) is 4.79 Å². The van der Waals surface area contributed by atoms with Gasteiger partial charge < -0.3 is 10.6 Å². The van der Waals surface area contributed by atoms with Crippen LogP contribution < -0.4 is 10.6 Å². The van der Waals surface area contributed by atoms with Gasteiger partial charge in [0.25, 0.3) is 0 Å². The first-order valence-electron chi connectivity index (χ1n) is 6.16. The summed E-state index contributed by atoms with van der Waals surface area (Å²) < 4.78 is 0. The molecule has 7 nitrogen and oxygen atoms in total. The predicted octanol–water partition coefficient (Wildman–Crippen LogP) is 0.415. The van der Waals surface area contributed by atoms with E-state index in [9.17, 15) is 4.79 Å². The van der Waals surface area contributed by atoms with E-state index in [1.165, 1.54) is 0 Å². The highest BCUT2D eigenvalue weighted by molar-refractivity contribution is 5.91. The molecule has 0 bridgehead atoms. The SMILES string of the molecule is O=C(CC1CNC1)Nc1cccc(-c2nn[nH]n2)c1. The fourth-order valence-electron chi connectivity index (χ4n) is 1.99. The largest absolute Gasteiger partial charge is 0.326 e. The van der Waals surface area contributed by atoms with Crippen LogP contribution in [0.25, 0.3) is 11.4 Å². The van der Waals surface area contributed by atoms with E-state index in [-0.39, 0.29) is 5.91 Å². The molecule has 1 aromatic heterocycles. The number of amides is 1. The summed E-state index contributed by atoms with van der Waals surface area (Å²) in [7, 11) is 0. The zero-order chi connectivity index (χ0) is 13.1. The number of hydrogen-bond donors (Lipinski definition) is 3. The maximum atomic E-state index is 11.8. The lowest BCUT2D eigenvalue weighted by atomic mass is 9.99. The van der Waals surface area contributed by atoms with Crippen molar-refractivity contribution in [2.75, 3.05) is 18.4 Å². The number of rotatable bonds is 4. The van der Waals surface area contributed by atoms with Crippen LogP contribution >= 0.6 is 0 Å². The van der Waals surface area contributed by atoms with Gasteiger partial charge in [0.05, 0.1) is 0 Å². The first kappa shape index (κ1) is 11.8. The number of nitrogens with one attached hydrogen (secondary N) is 3. The lowest BCUT2D eigenvalue weighted by Crippen LogP contribution is -2.43. The first-order valence-corrected chi connectivity index (χ1v) is 6.16. The summed E-state index contributed by atoms with van der Waals surface area (Å²) in [6, 6.07) is 7.41. The van der Waals surface area contributed by atoms with Crippen LogP contribution in [0, 0.1) is 5.92 Å². The van der Waals surface area contributed by atoms with Crippen molar-refractivity contribution < 1.29 is 4.79 Å². The molecule has 7 heteroatoms. The molecule has 1 aromatic carbocycles. The molecule has 0 saturated carbocycles.